The Bertz CT molecular complexity index is 562. The largest absolute Gasteiger partial charge is 0.488 e. The van der Waals surface area contributed by atoms with Crippen LogP contribution in [0.5, 0.6) is 5.75 Å². The maximum Gasteiger partial charge on any atom is 0.310 e. The summed E-state index contributed by atoms with van der Waals surface area (Å²) >= 11 is 3.48. The lowest BCUT2D eigenvalue weighted by molar-refractivity contribution is -0.148. The van der Waals surface area contributed by atoms with Crippen LogP contribution in [0.3, 0.4) is 0 Å². The first-order valence-corrected chi connectivity index (χ1v) is 8.22. The molecule has 0 radical (unpaired) electrons. The molecule has 21 heavy (non-hydrogen) atoms. The number of benzene rings is 1. The van der Waals surface area contributed by atoms with Gasteiger partial charge in [-0.05, 0) is 43.1 Å². The number of rotatable bonds is 4. The van der Waals surface area contributed by atoms with Crippen molar-refractivity contribution in [2.75, 3.05) is 19.6 Å². The average molecular weight is 354 g/mol. The predicted molar refractivity (Wildman–Crippen MR) is 83.7 cm³/mol. The number of hydrogen-bond donors (Lipinski definition) is 1. The molecule has 2 heterocycles. The molecule has 0 amide bonds. The third-order valence-electron chi connectivity index (χ3n) is 4.79. The summed E-state index contributed by atoms with van der Waals surface area (Å²) in [7, 11) is 0. The molecule has 1 aromatic rings. The lowest BCUT2D eigenvalue weighted by Gasteiger charge is -2.24. The monoisotopic (exact) mass is 353 g/mol. The summed E-state index contributed by atoms with van der Waals surface area (Å²) in [5.41, 5.74) is 0.669. The molecular weight excluding hydrogens is 334 g/mol. The van der Waals surface area contributed by atoms with Crippen molar-refractivity contribution < 1.29 is 14.6 Å². The first-order valence-electron chi connectivity index (χ1n) is 7.43. The van der Waals surface area contributed by atoms with E-state index in [0.29, 0.717) is 13.0 Å². The van der Waals surface area contributed by atoms with Crippen molar-refractivity contribution in [3.05, 3.63) is 28.2 Å². The second-order valence-electron chi connectivity index (χ2n) is 6.12. The summed E-state index contributed by atoms with van der Waals surface area (Å²) in [5.74, 6) is 0.300. The maximum absolute atomic E-state index is 11.5. The van der Waals surface area contributed by atoms with Gasteiger partial charge >= 0.3 is 5.97 Å². The first-order chi connectivity index (χ1) is 10.0. The smallest absolute Gasteiger partial charge is 0.310 e. The van der Waals surface area contributed by atoms with Gasteiger partial charge in [0.1, 0.15) is 11.9 Å². The molecule has 5 heteroatoms. The maximum atomic E-state index is 11.5. The van der Waals surface area contributed by atoms with E-state index in [1.807, 2.05) is 19.1 Å². The number of halogens is 1. The fraction of sp³-hybridized carbons (Fsp3) is 0.562. The van der Waals surface area contributed by atoms with Crippen molar-refractivity contribution in [2.45, 2.75) is 32.3 Å². The number of ether oxygens (including phenoxy) is 1. The van der Waals surface area contributed by atoms with Gasteiger partial charge in [0.05, 0.1) is 5.41 Å². The Morgan fingerprint density at radius 3 is 3.05 bits per heavy atom. The second-order valence-corrected chi connectivity index (χ2v) is 7.04. The average Bonchev–Trinajstić information content (AvgIpc) is 3.03. The van der Waals surface area contributed by atoms with Crippen LogP contribution in [0.2, 0.25) is 0 Å². The van der Waals surface area contributed by atoms with E-state index in [1.54, 1.807) is 0 Å². The highest BCUT2D eigenvalue weighted by molar-refractivity contribution is 9.10. The lowest BCUT2D eigenvalue weighted by Crippen LogP contribution is -2.38. The van der Waals surface area contributed by atoms with E-state index < -0.39 is 11.4 Å². The Balaban J connectivity index is 1.61. The van der Waals surface area contributed by atoms with Crippen molar-refractivity contribution >= 4 is 21.9 Å². The molecule has 2 aliphatic rings. The molecule has 0 bridgehead atoms. The fourth-order valence-electron chi connectivity index (χ4n) is 3.41. The molecule has 0 saturated carbocycles. The molecule has 2 atom stereocenters. The van der Waals surface area contributed by atoms with E-state index in [4.69, 9.17) is 4.74 Å². The number of carbonyl (C=O) groups is 1. The molecule has 1 N–H and O–H groups in total. The summed E-state index contributed by atoms with van der Waals surface area (Å²) in [6, 6.07) is 6.09. The Kier molecular flexibility index (Phi) is 3.97. The minimum Gasteiger partial charge on any atom is -0.488 e. The Morgan fingerprint density at radius 1 is 1.57 bits per heavy atom. The van der Waals surface area contributed by atoms with Crippen molar-refractivity contribution in [1.29, 1.82) is 0 Å². The van der Waals surface area contributed by atoms with E-state index in [-0.39, 0.29) is 6.10 Å². The number of hydrogen-bond acceptors (Lipinski definition) is 3. The van der Waals surface area contributed by atoms with Gasteiger partial charge in [-0.1, -0.05) is 22.9 Å². The molecule has 0 aromatic heterocycles. The molecule has 1 aromatic carbocycles. The molecule has 2 unspecified atom stereocenters. The Hall–Kier alpha value is -1.07. The van der Waals surface area contributed by atoms with Crippen molar-refractivity contribution in [3.63, 3.8) is 0 Å². The van der Waals surface area contributed by atoms with Gasteiger partial charge < -0.3 is 9.84 Å². The molecule has 2 aliphatic heterocycles. The van der Waals surface area contributed by atoms with Gasteiger partial charge in [0.25, 0.3) is 0 Å². The molecule has 3 rings (SSSR count). The van der Waals surface area contributed by atoms with Crippen LogP contribution in [0.4, 0.5) is 0 Å². The molecule has 0 spiro atoms. The van der Waals surface area contributed by atoms with Crippen LogP contribution in [-0.2, 0) is 11.2 Å². The lowest BCUT2D eigenvalue weighted by atomic mass is 9.84. The molecule has 1 saturated heterocycles. The normalized spacial score (nSPS) is 28.4. The summed E-state index contributed by atoms with van der Waals surface area (Å²) in [6.07, 6.45) is 2.47. The third kappa shape index (κ3) is 2.81. The van der Waals surface area contributed by atoms with Crippen LogP contribution in [0, 0.1) is 5.41 Å². The third-order valence-corrected chi connectivity index (χ3v) is 5.28. The number of carboxylic acid groups (broad SMARTS) is 1. The quantitative estimate of drug-likeness (QED) is 0.903. The highest BCUT2D eigenvalue weighted by atomic mass is 79.9. The standard InChI is InChI=1S/C16H20BrNO3/c1-2-16(15(19)20)5-6-18(10-16)9-13-8-11-7-12(17)3-4-14(11)21-13/h3-4,7,13H,2,5-6,8-10H2,1H3,(H,19,20). The van der Waals surface area contributed by atoms with Gasteiger partial charge in [0, 0.05) is 24.0 Å². The number of carboxylic acids is 1. The van der Waals surface area contributed by atoms with Gasteiger partial charge in [-0.2, -0.15) is 0 Å². The number of likely N-dealkylation sites (tertiary alicyclic amines) is 1. The van der Waals surface area contributed by atoms with Crippen LogP contribution in [-0.4, -0.2) is 41.7 Å². The van der Waals surface area contributed by atoms with Gasteiger partial charge in [-0.3, -0.25) is 9.69 Å². The summed E-state index contributed by atoms with van der Waals surface area (Å²) in [5, 5.41) is 9.45. The SMILES string of the molecule is CCC1(C(=O)O)CCN(CC2Cc3cc(Br)ccc3O2)C1. The van der Waals surface area contributed by atoms with E-state index in [9.17, 15) is 9.90 Å². The second kappa shape index (κ2) is 5.61. The zero-order valence-corrected chi connectivity index (χ0v) is 13.7. The van der Waals surface area contributed by atoms with E-state index >= 15 is 0 Å². The van der Waals surface area contributed by atoms with E-state index in [1.165, 1.54) is 5.56 Å². The van der Waals surface area contributed by atoms with Gasteiger partial charge in [0.2, 0.25) is 0 Å². The van der Waals surface area contributed by atoms with Gasteiger partial charge in [-0.25, -0.2) is 0 Å². The van der Waals surface area contributed by atoms with Crippen molar-refractivity contribution in [1.82, 2.24) is 4.90 Å². The number of fused-ring (bicyclic) bond motifs is 1. The number of nitrogens with zero attached hydrogens (tertiary/aromatic N) is 1. The van der Waals surface area contributed by atoms with Crippen LogP contribution in [0.1, 0.15) is 25.3 Å². The molecule has 1 fully saturated rings. The minimum absolute atomic E-state index is 0.135. The van der Waals surface area contributed by atoms with Crippen LogP contribution in [0.15, 0.2) is 22.7 Å². The van der Waals surface area contributed by atoms with E-state index in [2.05, 4.69) is 26.9 Å². The predicted octanol–water partition coefficient (Wildman–Crippen LogP) is 2.94. The topological polar surface area (TPSA) is 49.8 Å². The molecule has 0 aliphatic carbocycles. The Labute approximate surface area is 133 Å². The molecule has 4 nitrogen and oxygen atoms in total. The number of aliphatic carboxylic acids is 1. The highest BCUT2D eigenvalue weighted by Gasteiger charge is 2.44. The van der Waals surface area contributed by atoms with Gasteiger partial charge in [-0.15, -0.1) is 0 Å². The van der Waals surface area contributed by atoms with E-state index in [0.717, 1.165) is 36.2 Å². The molecule has 114 valence electrons. The van der Waals surface area contributed by atoms with Crippen molar-refractivity contribution in [2.24, 2.45) is 5.41 Å². The fourth-order valence-corrected chi connectivity index (χ4v) is 3.82. The summed E-state index contributed by atoms with van der Waals surface area (Å²) in [6.45, 7) is 4.26. The van der Waals surface area contributed by atoms with Crippen LogP contribution < -0.4 is 4.74 Å². The zero-order valence-electron chi connectivity index (χ0n) is 12.1. The Morgan fingerprint density at radius 2 is 2.38 bits per heavy atom. The van der Waals surface area contributed by atoms with Crippen molar-refractivity contribution in [3.8, 4) is 5.75 Å². The zero-order chi connectivity index (χ0) is 15.0. The summed E-state index contributed by atoms with van der Waals surface area (Å²) < 4.78 is 7.05. The van der Waals surface area contributed by atoms with Crippen LogP contribution in [0.25, 0.3) is 0 Å². The van der Waals surface area contributed by atoms with Crippen LogP contribution >= 0.6 is 15.9 Å². The van der Waals surface area contributed by atoms with Gasteiger partial charge in [0.15, 0.2) is 0 Å². The summed E-state index contributed by atoms with van der Waals surface area (Å²) in [4.78, 5) is 13.7. The highest BCUT2D eigenvalue weighted by Crippen LogP contribution is 2.36. The first kappa shape index (κ1) is 14.9. The molecular formula is C16H20BrNO3. The minimum atomic E-state index is -0.660.